The molecule has 0 aromatic heterocycles. The van der Waals surface area contributed by atoms with Gasteiger partial charge in [-0.05, 0) is 42.4 Å². The molecule has 3 heteroatoms. The van der Waals surface area contributed by atoms with Gasteiger partial charge < -0.3 is 5.73 Å². The van der Waals surface area contributed by atoms with Crippen molar-refractivity contribution in [3.8, 4) is 0 Å². The summed E-state index contributed by atoms with van der Waals surface area (Å²) in [6.45, 7) is 6.38. The fraction of sp³-hybridized carbons (Fsp3) is 0.571. The molecule has 0 aliphatic heterocycles. The van der Waals surface area contributed by atoms with E-state index < -0.39 is 0 Å². The molecule has 0 fully saturated rings. The normalized spacial score (nSPS) is 13.8. The Kier molecular flexibility index (Phi) is 4.96. The number of benzene rings is 1. The Hall–Kier alpha value is -0.600. The van der Waals surface area contributed by atoms with Crippen LogP contribution in [0.15, 0.2) is 18.2 Å². The Morgan fingerprint density at radius 1 is 1.35 bits per heavy atom. The molecule has 0 aliphatic carbocycles. The van der Waals surface area contributed by atoms with Crippen LogP contribution in [0.3, 0.4) is 0 Å². The summed E-state index contributed by atoms with van der Waals surface area (Å²) in [6, 6.07) is 4.99. The molecule has 1 atom stereocenters. The first-order valence-electron chi connectivity index (χ1n) is 6.00. The van der Waals surface area contributed by atoms with E-state index in [0.717, 1.165) is 18.4 Å². The molecular formula is C14H21ClFN. The largest absolute Gasteiger partial charge is 0.327 e. The van der Waals surface area contributed by atoms with E-state index in [4.69, 9.17) is 17.3 Å². The quantitative estimate of drug-likeness (QED) is 0.861. The highest BCUT2D eigenvalue weighted by atomic mass is 35.5. The zero-order valence-electron chi connectivity index (χ0n) is 10.8. The first kappa shape index (κ1) is 14.5. The summed E-state index contributed by atoms with van der Waals surface area (Å²) in [5.41, 5.74) is 6.89. The van der Waals surface area contributed by atoms with Crippen LogP contribution in [0.25, 0.3) is 0 Å². The lowest BCUT2D eigenvalue weighted by Crippen LogP contribution is -2.34. The van der Waals surface area contributed by atoms with E-state index in [1.54, 1.807) is 12.1 Å². The topological polar surface area (TPSA) is 26.0 Å². The molecule has 96 valence electrons. The van der Waals surface area contributed by atoms with Gasteiger partial charge in [0.1, 0.15) is 5.82 Å². The minimum atomic E-state index is -0.221. The lowest BCUT2D eigenvalue weighted by atomic mass is 9.84. The monoisotopic (exact) mass is 257 g/mol. The van der Waals surface area contributed by atoms with Gasteiger partial charge in [0, 0.05) is 11.1 Å². The summed E-state index contributed by atoms with van der Waals surface area (Å²) >= 11 is 5.70. The third-order valence-corrected chi connectivity index (χ3v) is 3.32. The van der Waals surface area contributed by atoms with Gasteiger partial charge in [0.25, 0.3) is 0 Å². The maximum Gasteiger partial charge on any atom is 0.127 e. The minimum Gasteiger partial charge on any atom is -0.327 e. The molecule has 0 aliphatic rings. The van der Waals surface area contributed by atoms with Crippen molar-refractivity contribution in [2.75, 3.05) is 0 Å². The zero-order chi connectivity index (χ0) is 13.1. The number of hydrogen-bond donors (Lipinski definition) is 1. The van der Waals surface area contributed by atoms with Crippen LogP contribution in [0.5, 0.6) is 0 Å². The molecule has 1 aromatic carbocycles. The zero-order valence-corrected chi connectivity index (χ0v) is 11.5. The summed E-state index contributed by atoms with van der Waals surface area (Å²) in [6.07, 6.45) is 2.52. The molecule has 0 amide bonds. The van der Waals surface area contributed by atoms with Crippen molar-refractivity contribution >= 4 is 11.6 Å². The minimum absolute atomic E-state index is 0.110. The predicted molar refractivity (Wildman–Crippen MR) is 71.8 cm³/mol. The van der Waals surface area contributed by atoms with Crippen molar-refractivity contribution in [1.29, 1.82) is 0 Å². The van der Waals surface area contributed by atoms with Crippen molar-refractivity contribution in [2.45, 2.75) is 46.1 Å². The summed E-state index contributed by atoms with van der Waals surface area (Å²) in [5, 5.41) is 0.442. The Bertz CT molecular complexity index is 371. The van der Waals surface area contributed by atoms with Gasteiger partial charge in [0.05, 0.1) is 0 Å². The third kappa shape index (κ3) is 4.64. The molecule has 0 spiro atoms. The SMILES string of the molecule is CC(C)(C)C(N)CCCc1ccc(Cl)cc1F. The van der Waals surface area contributed by atoms with E-state index in [9.17, 15) is 4.39 Å². The predicted octanol–water partition coefficient (Wildman–Crippen LogP) is 4.18. The third-order valence-electron chi connectivity index (χ3n) is 3.09. The fourth-order valence-corrected chi connectivity index (χ4v) is 1.83. The molecule has 0 saturated heterocycles. The second kappa shape index (κ2) is 5.83. The number of nitrogens with two attached hydrogens (primary N) is 1. The second-order valence-corrected chi connectivity index (χ2v) is 6.04. The van der Waals surface area contributed by atoms with Gasteiger partial charge in [-0.2, -0.15) is 0 Å². The van der Waals surface area contributed by atoms with Crippen LogP contribution < -0.4 is 5.73 Å². The highest BCUT2D eigenvalue weighted by molar-refractivity contribution is 6.30. The number of halogens is 2. The lowest BCUT2D eigenvalue weighted by molar-refractivity contribution is 0.301. The standard InChI is InChI=1S/C14H21ClFN/c1-14(2,3)13(17)6-4-5-10-7-8-11(15)9-12(10)16/h7-9,13H,4-6,17H2,1-3H3. The Morgan fingerprint density at radius 3 is 2.53 bits per heavy atom. The van der Waals surface area contributed by atoms with Crippen LogP contribution >= 0.6 is 11.6 Å². The average Bonchev–Trinajstić information content (AvgIpc) is 2.19. The fourth-order valence-electron chi connectivity index (χ4n) is 1.67. The van der Waals surface area contributed by atoms with Gasteiger partial charge in [-0.15, -0.1) is 0 Å². The van der Waals surface area contributed by atoms with Gasteiger partial charge in [-0.1, -0.05) is 38.4 Å². The average molecular weight is 258 g/mol. The second-order valence-electron chi connectivity index (χ2n) is 5.60. The number of aryl methyl sites for hydroxylation is 1. The molecule has 1 rings (SSSR count). The van der Waals surface area contributed by atoms with Crippen LogP contribution in [-0.2, 0) is 6.42 Å². The summed E-state index contributed by atoms with van der Waals surface area (Å²) < 4.78 is 13.5. The maximum absolute atomic E-state index is 13.5. The highest BCUT2D eigenvalue weighted by Gasteiger charge is 2.19. The summed E-state index contributed by atoms with van der Waals surface area (Å²) in [7, 11) is 0. The van der Waals surface area contributed by atoms with Crippen LogP contribution in [0.2, 0.25) is 5.02 Å². The smallest absolute Gasteiger partial charge is 0.127 e. The van der Waals surface area contributed by atoms with Crippen LogP contribution in [0, 0.1) is 11.2 Å². The van der Waals surface area contributed by atoms with Gasteiger partial charge >= 0.3 is 0 Å². The van der Waals surface area contributed by atoms with Crippen molar-refractivity contribution in [3.05, 3.63) is 34.6 Å². The number of rotatable bonds is 4. The van der Waals surface area contributed by atoms with Crippen molar-refractivity contribution in [2.24, 2.45) is 11.1 Å². The van der Waals surface area contributed by atoms with Gasteiger partial charge in [0.2, 0.25) is 0 Å². The van der Waals surface area contributed by atoms with E-state index in [0.29, 0.717) is 11.4 Å². The molecule has 0 saturated carbocycles. The molecule has 0 heterocycles. The van der Waals surface area contributed by atoms with E-state index >= 15 is 0 Å². The van der Waals surface area contributed by atoms with Crippen LogP contribution in [-0.4, -0.2) is 6.04 Å². The van der Waals surface area contributed by atoms with Crippen LogP contribution in [0.1, 0.15) is 39.2 Å². The molecule has 1 nitrogen and oxygen atoms in total. The molecule has 1 aromatic rings. The molecule has 17 heavy (non-hydrogen) atoms. The highest BCUT2D eigenvalue weighted by Crippen LogP contribution is 2.22. The van der Waals surface area contributed by atoms with E-state index in [-0.39, 0.29) is 17.3 Å². The molecular weight excluding hydrogens is 237 g/mol. The van der Waals surface area contributed by atoms with Crippen molar-refractivity contribution in [3.63, 3.8) is 0 Å². The van der Waals surface area contributed by atoms with Gasteiger partial charge in [-0.3, -0.25) is 0 Å². The van der Waals surface area contributed by atoms with E-state index in [2.05, 4.69) is 20.8 Å². The molecule has 0 bridgehead atoms. The molecule has 0 radical (unpaired) electrons. The lowest BCUT2D eigenvalue weighted by Gasteiger charge is -2.26. The van der Waals surface area contributed by atoms with E-state index in [1.165, 1.54) is 6.07 Å². The molecule has 2 N–H and O–H groups in total. The summed E-state index contributed by atoms with van der Waals surface area (Å²) in [5.74, 6) is -0.221. The summed E-state index contributed by atoms with van der Waals surface area (Å²) in [4.78, 5) is 0. The Morgan fingerprint density at radius 2 is 2.00 bits per heavy atom. The first-order valence-corrected chi connectivity index (χ1v) is 6.38. The first-order chi connectivity index (χ1) is 7.80. The maximum atomic E-state index is 13.5. The van der Waals surface area contributed by atoms with Crippen LogP contribution in [0.4, 0.5) is 4.39 Å². The number of hydrogen-bond acceptors (Lipinski definition) is 1. The van der Waals surface area contributed by atoms with Crippen molar-refractivity contribution in [1.82, 2.24) is 0 Å². The van der Waals surface area contributed by atoms with Crippen molar-refractivity contribution < 1.29 is 4.39 Å². The van der Waals surface area contributed by atoms with Gasteiger partial charge in [-0.25, -0.2) is 4.39 Å². The Labute approximate surface area is 108 Å². The van der Waals surface area contributed by atoms with E-state index in [1.807, 2.05) is 0 Å². The molecule has 1 unspecified atom stereocenters. The Balaban J connectivity index is 2.46. The van der Waals surface area contributed by atoms with Gasteiger partial charge in [0.15, 0.2) is 0 Å².